The van der Waals surface area contributed by atoms with Crippen LogP contribution in [0.15, 0.2) is 24.3 Å². The van der Waals surface area contributed by atoms with Gasteiger partial charge in [0.15, 0.2) is 0 Å². The first-order valence-electron chi connectivity index (χ1n) is 10.9. The van der Waals surface area contributed by atoms with Crippen molar-refractivity contribution in [1.29, 1.82) is 0 Å². The van der Waals surface area contributed by atoms with E-state index in [1.54, 1.807) is 24.3 Å². The maximum Gasteiger partial charge on any atom is 0.306 e. The molecule has 0 unspecified atom stereocenters. The fourth-order valence-electron chi connectivity index (χ4n) is 3.92. The number of benzene rings is 1. The molecular formula is C24H31N3O4. The summed E-state index contributed by atoms with van der Waals surface area (Å²) in [5.41, 5.74) is 4.11. The first-order chi connectivity index (χ1) is 14.8. The zero-order chi connectivity index (χ0) is 22.5. The van der Waals surface area contributed by atoms with E-state index in [0.717, 1.165) is 23.5 Å². The summed E-state index contributed by atoms with van der Waals surface area (Å²) in [5, 5.41) is 4.58. The molecule has 0 radical (unpaired) electrons. The van der Waals surface area contributed by atoms with Gasteiger partial charge in [-0.3, -0.25) is 24.0 Å². The summed E-state index contributed by atoms with van der Waals surface area (Å²) < 4.78 is 7.35. The molecule has 1 aromatic heterocycles. The van der Waals surface area contributed by atoms with Crippen LogP contribution in [0.5, 0.6) is 0 Å². The summed E-state index contributed by atoms with van der Waals surface area (Å²) in [6, 6.07) is 6.86. The van der Waals surface area contributed by atoms with E-state index in [2.05, 4.69) is 18.9 Å². The van der Waals surface area contributed by atoms with Crippen LogP contribution in [0.4, 0.5) is 0 Å². The summed E-state index contributed by atoms with van der Waals surface area (Å²) in [6.45, 7) is 9.81. The van der Waals surface area contributed by atoms with E-state index < -0.39 is 0 Å². The molecule has 3 rings (SSSR count). The lowest BCUT2D eigenvalue weighted by Crippen LogP contribution is -2.30. The van der Waals surface area contributed by atoms with Crippen molar-refractivity contribution in [2.45, 2.75) is 59.9 Å². The fraction of sp³-hybridized carbons (Fsp3) is 0.500. The molecule has 1 aliphatic rings. The molecule has 0 aliphatic carbocycles. The van der Waals surface area contributed by atoms with Gasteiger partial charge in [-0.1, -0.05) is 26.0 Å². The molecule has 0 saturated heterocycles. The molecular weight excluding hydrogens is 394 g/mol. The van der Waals surface area contributed by atoms with Crippen molar-refractivity contribution in [2.24, 2.45) is 5.92 Å². The first-order valence-corrected chi connectivity index (χ1v) is 10.9. The van der Waals surface area contributed by atoms with Crippen molar-refractivity contribution < 1.29 is 19.1 Å². The van der Waals surface area contributed by atoms with Crippen LogP contribution < -0.4 is 0 Å². The minimum Gasteiger partial charge on any atom is -0.466 e. The lowest BCUT2D eigenvalue weighted by Gasteiger charge is -2.13. The van der Waals surface area contributed by atoms with E-state index in [-0.39, 0.29) is 24.4 Å². The standard InChI is InChI=1S/C24H31N3O4/c1-16(2)15-27-18(4)19(17(3)25-27)11-12-22(28)31-14-8-7-13-26-23(29)20-9-5-6-10-21(20)24(26)30/h5-6,9-10,16H,7-8,11-15H2,1-4H3. The van der Waals surface area contributed by atoms with Crippen LogP contribution >= 0.6 is 0 Å². The number of rotatable bonds is 10. The van der Waals surface area contributed by atoms with Gasteiger partial charge in [0.2, 0.25) is 0 Å². The molecule has 166 valence electrons. The van der Waals surface area contributed by atoms with Gasteiger partial charge >= 0.3 is 5.97 Å². The smallest absolute Gasteiger partial charge is 0.306 e. The van der Waals surface area contributed by atoms with Crippen molar-refractivity contribution in [3.63, 3.8) is 0 Å². The number of carbonyl (C=O) groups excluding carboxylic acids is 3. The van der Waals surface area contributed by atoms with Gasteiger partial charge < -0.3 is 4.74 Å². The van der Waals surface area contributed by atoms with Crippen LogP contribution in [0.1, 0.15) is 70.8 Å². The monoisotopic (exact) mass is 425 g/mol. The largest absolute Gasteiger partial charge is 0.466 e. The maximum absolute atomic E-state index is 12.3. The topological polar surface area (TPSA) is 81.5 Å². The third kappa shape index (κ3) is 5.21. The van der Waals surface area contributed by atoms with E-state index in [9.17, 15) is 14.4 Å². The summed E-state index contributed by atoms with van der Waals surface area (Å²) in [6.07, 6.45) is 2.12. The van der Waals surface area contributed by atoms with Gasteiger partial charge in [-0.25, -0.2) is 0 Å². The molecule has 7 heteroatoms. The summed E-state index contributed by atoms with van der Waals surface area (Å²) in [4.78, 5) is 38.1. The molecule has 2 aromatic rings. The number of nitrogens with zero attached hydrogens (tertiary/aromatic N) is 3. The van der Waals surface area contributed by atoms with Crippen LogP contribution in [-0.2, 0) is 22.5 Å². The number of carbonyl (C=O) groups is 3. The summed E-state index contributed by atoms with van der Waals surface area (Å²) >= 11 is 0. The van der Waals surface area contributed by atoms with Crippen molar-refractivity contribution in [3.05, 3.63) is 52.3 Å². The lowest BCUT2D eigenvalue weighted by atomic mass is 10.1. The highest BCUT2D eigenvalue weighted by Crippen LogP contribution is 2.22. The van der Waals surface area contributed by atoms with Crippen LogP contribution in [0.25, 0.3) is 0 Å². The molecule has 7 nitrogen and oxygen atoms in total. The van der Waals surface area contributed by atoms with Crippen molar-refractivity contribution in [1.82, 2.24) is 14.7 Å². The Kier molecular flexibility index (Phi) is 7.25. The molecule has 2 amide bonds. The Morgan fingerprint density at radius 2 is 1.71 bits per heavy atom. The van der Waals surface area contributed by atoms with E-state index in [1.807, 2.05) is 18.5 Å². The maximum atomic E-state index is 12.3. The second kappa shape index (κ2) is 9.90. The van der Waals surface area contributed by atoms with Crippen LogP contribution in [0.3, 0.4) is 0 Å². The Morgan fingerprint density at radius 1 is 1.06 bits per heavy atom. The van der Waals surface area contributed by atoms with Crippen molar-refractivity contribution in [2.75, 3.05) is 13.2 Å². The predicted octanol–water partition coefficient (Wildman–Crippen LogP) is 3.71. The molecule has 0 atom stereocenters. The highest BCUT2D eigenvalue weighted by atomic mass is 16.5. The molecule has 0 spiro atoms. The second-order valence-electron chi connectivity index (χ2n) is 8.46. The lowest BCUT2D eigenvalue weighted by molar-refractivity contribution is -0.143. The first kappa shape index (κ1) is 22.7. The molecule has 1 aliphatic heterocycles. The Hall–Kier alpha value is -2.96. The highest BCUT2D eigenvalue weighted by Gasteiger charge is 2.34. The number of aryl methyl sites for hydroxylation is 1. The van der Waals surface area contributed by atoms with Gasteiger partial charge in [-0.2, -0.15) is 5.10 Å². The SMILES string of the molecule is Cc1nn(CC(C)C)c(C)c1CCC(=O)OCCCCN1C(=O)c2ccccc2C1=O. The number of ether oxygens (including phenoxy) is 1. The third-order valence-corrected chi connectivity index (χ3v) is 5.57. The van der Waals surface area contributed by atoms with Crippen LogP contribution in [0, 0.1) is 19.8 Å². The zero-order valence-electron chi connectivity index (χ0n) is 18.8. The minimum absolute atomic E-state index is 0.240. The Bertz CT molecular complexity index is 942. The molecule has 1 aromatic carbocycles. The number of amides is 2. The van der Waals surface area contributed by atoms with E-state index in [4.69, 9.17) is 4.74 Å². The van der Waals surface area contributed by atoms with Crippen LogP contribution in [0.2, 0.25) is 0 Å². The second-order valence-corrected chi connectivity index (χ2v) is 8.46. The number of hydrogen-bond acceptors (Lipinski definition) is 5. The van der Waals surface area contributed by atoms with Crippen molar-refractivity contribution in [3.8, 4) is 0 Å². The summed E-state index contributed by atoms with van der Waals surface area (Å²) in [5.74, 6) is -0.227. The Morgan fingerprint density at radius 3 is 2.32 bits per heavy atom. The van der Waals surface area contributed by atoms with Gasteiger partial charge in [0.1, 0.15) is 0 Å². The third-order valence-electron chi connectivity index (χ3n) is 5.57. The highest BCUT2D eigenvalue weighted by molar-refractivity contribution is 6.21. The van der Waals surface area contributed by atoms with Crippen LogP contribution in [-0.4, -0.2) is 45.6 Å². The van der Waals surface area contributed by atoms with Gasteiger partial charge in [0.25, 0.3) is 11.8 Å². The summed E-state index contributed by atoms with van der Waals surface area (Å²) in [7, 11) is 0. The zero-order valence-corrected chi connectivity index (χ0v) is 18.8. The average molecular weight is 426 g/mol. The normalized spacial score (nSPS) is 13.3. The Labute approximate surface area is 183 Å². The van der Waals surface area contributed by atoms with E-state index >= 15 is 0 Å². The molecule has 2 heterocycles. The molecule has 0 saturated carbocycles. The van der Waals surface area contributed by atoms with Crippen molar-refractivity contribution >= 4 is 17.8 Å². The Balaban J connectivity index is 1.38. The van der Waals surface area contributed by atoms with Gasteiger partial charge in [-0.05, 0) is 56.7 Å². The molecule has 31 heavy (non-hydrogen) atoms. The van der Waals surface area contributed by atoms with Gasteiger partial charge in [0.05, 0.1) is 23.4 Å². The molecule has 0 N–H and O–H groups in total. The van der Waals surface area contributed by atoms with E-state index in [0.29, 0.717) is 49.3 Å². The predicted molar refractivity (Wildman–Crippen MR) is 117 cm³/mol. The number of unbranched alkanes of at least 4 members (excludes halogenated alkanes) is 1. The number of aromatic nitrogens is 2. The number of esters is 1. The number of imide groups is 1. The van der Waals surface area contributed by atoms with E-state index in [1.165, 1.54) is 4.90 Å². The molecule has 0 bridgehead atoms. The average Bonchev–Trinajstić information content (AvgIpc) is 3.13. The van der Waals surface area contributed by atoms with Gasteiger partial charge in [-0.15, -0.1) is 0 Å². The number of fused-ring (bicyclic) bond motifs is 1. The van der Waals surface area contributed by atoms with Gasteiger partial charge in [0, 0.05) is 25.2 Å². The minimum atomic E-state index is -0.249. The number of hydrogen-bond donors (Lipinski definition) is 0. The fourth-order valence-corrected chi connectivity index (χ4v) is 3.92. The quantitative estimate of drug-likeness (QED) is 0.329. The molecule has 0 fully saturated rings.